The van der Waals surface area contributed by atoms with Crippen LogP contribution in [0, 0.1) is 0 Å². The first kappa shape index (κ1) is 16.3. The Hall–Kier alpha value is -1.80. The van der Waals surface area contributed by atoms with Crippen molar-refractivity contribution in [3.63, 3.8) is 0 Å². The molecule has 0 radical (unpaired) electrons. The third kappa shape index (κ3) is 6.39. The predicted molar refractivity (Wildman–Crippen MR) is 68.9 cm³/mol. The van der Waals surface area contributed by atoms with Gasteiger partial charge in [-0.2, -0.15) is 28.1 Å². The molecule has 0 aromatic carbocycles. The van der Waals surface area contributed by atoms with Gasteiger partial charge in [-0.25, -0.2) is 0 Å². The van der Waals surface area contributed by atoms with Gasteiger partial charge in [0.25, 0.3) is 0 Å². The Bertz CT molecular complexity index is 414. The molecule has 1 aromatic heterocycles. The van der Waals surface area contributed by atoms with Gasteiger partial charge in [0, 0.05) is 19.5 Å². The number of hydrogen-bond acceptors (Lipinski definition) is 6. The monoisotopic (exact) mass is 293 g/mol. The van der Waals surface area contributed by atoms with E-state index >= 15 is 0 Å². The summed E-state index contributed by atoms with van der Waals surface area (Å²) < 4.78 is 40.9. The first-order valence-electron chi connectivity index (χ1n) is 6.29. The summed E-state index contributed by atoms with van der Waals surface area (Å²) in [6, 6.07) is 0.108. The highest BCUT2D eigenvalue weighted by Gasteiger charge is 2.25. The van der Waals surface area contributed by atoms with Gasteiger partial charge >= 0.3 is 12.2 Å². The molecular formula is C11H18F3N5O. The van der Waals surface area contributed by atoms with Crippen LogP contribution in [-0.2, 0) is 0 Å². The molecule has 0 aliphatic rings. The lowest BCUT2D eigenvalue weighted by molar-refractivity contribution is -0.134. The molecule has 6 nitrogen and oxygen atoms in total. The van der Waals surface area contributed by atoms with Crippen LogP contribution in [0.15, 0.2) is 0 Å². The summed E-state index contributed by atoms with van der Waals surface area (Å²) in [6.45, 7) is 2.79. The topological polar surface area (TPSA) is 72.0 Å². The van der Waals surface area contributed by atoms with Crippen molar-refractivity contribution in [1.82, 2.24) is 15.0 Å². The van der Waals surface area contributed by atoms with Gasteiger partial charge in [0.15, 0.2) is 0 Å². The molecule has 0 fully saturated rings. The molecule has 1 rings (SSSR count). The van der Waals surface area contributed by atoms with E-state index in [-0.39, 0.29) is 24.9 Å². The van der Waals surface area contributed by atoms with Crippen LogP contribution in [0.1, 0.15) is 26.2 Å². The van der Waals surface area contributed by atoms with Crippen LogP contribution in [0.3, 0.4) is 0 Å². The number of hydrogen-bond donors (Lipinski definition) is 2. The number of nitrogens with zero attached hydrogens (tertiary/aromatic N) is 3. The van der Waals surface area contributed by atoms with Gasteiger partial charge in [0.1, 0.15) is 0 Å². The molecule has 20 heavy (non-hydrogen) atoms. The average Bonchev–Trinajstić information content (AvgIpc) is 2.40. The molecular weight excluding hydrogens is 275 g/mol. The van der Waals surface area contributed by atoms with Crippen LogP contribution < -0.4 is 15.4 Å². The zero-order valence-electron chi connectivity index (χ0n) is 11.4. The summed E-state index contributed by atoms with van der Waals surface area (Å²) in [6.07, 6.45) is -4.15. The standard InChI is InChI=1S/C11H18F3N5O/c1-3-6-15-8-17-9(19-10(18-8)20-2)16-7-4-5-11(12,13)14/h3-7H2,1-2H3,(H2,15,16,17,18,19). The number of aromatic nitrogens is 3. The van der Waals surface area contributed by atoms with Gasteiger partial charge in [0.2, 0.25) is 11.9 Å². The highest BCUT2D eigenvalue weighted by atomic mass is 19.4. The molecule has 9 heteroatoms. The fourth-order valence-electron chi connectivity index (χ4n) is 1.33. The van der Waals surface area contributed by atoms with Gasteiger partial charge < -0.3 is 15.4 Å². The van der Waals surface area contributed by atoms with Crippen molar-refractivity contribution in [3.8, 4) is 6.01 Å². The fourth-order valence-corrected chi connectivity index (χ4v) is 1.33. The van der Waals surface area contributed by atoms with E-state index in [9.17, 15) is 13.2 Å². The highest BCUT2D eigenvalue weighted by Crippen LogP contribution is 2.21. The Morgan fingerprint density at radius 1 is 1.05 bits per heavy atom. The maximum absolute atomic E-state index is 12.0. The van der Waals surface area contributed by atoms with Gasteiger partial charge in [-0.1, -0.05) is 6.92 Å². The molecule has 0 amide bonds. The highest BCUT2D eigenvalue weighted by molar-refractivity contribution is 5.35. The zero-order chi connectivity index (χ0) is 15.0. The molecule has 0 saturated heterocycles. The molecule has 0 bridgehead atoms. The molecule has 0 unspecified atom stereocenters. The lowest BCUT2D eigenvalue weighted by atomic mass is 10.3. The van der Waals surface area contributed by atoms with Crippen molar-refractivity contribution in [1.29, 1.82) is 0 Å². The summed E-state index contributed by atoms with van der Waals surface area (Å²) in [5.74, 6) is 0.523. The van der Waals surface area contributed by atoms with Crippen molar-refractivity contribution >= 4 is 11.9 Å². The maximum atomic E-state index is 12.0. The SMILES string of the molecule is CCCNc1nc(NCCCC(F)(F)F)nc(OC)n1. The average molecular weight is 293 g/mol. The number of methoxy groups -OCH3 is 1. The third-order valence-electron chi connectivity index (χ3n) is 2.25. The van der Waals surface area contributed by atoms with E-state index in [4.69, 9.17) is 4.74 Å². The van der Waals surface area contributed by atoms with E-state index in [1.165, 1.54) is 7.11 Å². The van der Waals surface area contributed by atoms with E-state index in [0.717, 1.165) is 6.42 Å². The molecule has 0 aliphatic heterocycles. The van der Waals surface area contributed by atoms with E-state index in [2.05, 4.69) is 25.6 Å². The molecule has 0 atom stereocenters. The number of ether oxygens (including phenoxy) is 1. The van der Waals surface area contributed by atoms with Crippen molar-refractivity contribution < 1.29 is 17.9 Å². The summed E-state index contributed by atoms with van der Waals surface area (Å²) in [7, 11) is 1.41. The van der Waals surface area contributed by atoms with Crippen molar-refractivity contribution in [2.24, 2.45) is 0 Å². The fraction of sp³-hybridized carbons (Fsp3) is 0.727. The molecule has 114 valence electrons. The first-order valence-corrected chi connectivity index (χ1v) is 6.29. The van der Waals surface area contributed by atoms with E-state index in [0.29, 0.717) is 12.5 Å². The molecule has 1 heterocycles. The van der Waals surface area contributed by atoms with Gasteiger partial charge in [0.05, 0.1) is 7.11 Å². The van der Waals surface area contributed by atoms with E-state index in [1.807, 2.05) is 6.92 Å². The zero-order valence-corrected chi connectivity index (χ0v) is 11.4. The van der Waals surface area contributed by atoms with Crippen molar-refractivity contribution in [3.05, 3.63) is 0 Å². The Morgan fingerprint density at radius 3 is 2.15 bits per heavy atom. The lowest BCUT2D eigenvalue weighted by Gasteiger charge is -2.09. The van der Waals surface area contributed by atoms with Gasteiger partial charge in [-0.3, -0.25) is 0 Å². The number of halogens is 3. The Morgan fingerprint density at radius 2 is 1.65 bits per heavy atom. The number of anilines is 2. The molecule has 0 saturated carbocycles. The molecule has 0 aliphatic carbocycles. The van der Waals surface area contributed by atoms with Crippen LogP contribution in [-0.4, -0.2) is 41.3 Å². The largest absolute Gasteiger partial charge is 0.467 e. The third-order valence-corrected chi connectivity index (χ3v) is 2.25. The summed E-state index contributed by atoms with van der Waals surface area (Å²) in [5.41, 5.74) is 0. The Balaban J connectivity index is 2.55. The Kier molecular flexibility index (Phi) is 6.26. The Labute approximate surface area is 115 Å². The van der Waals surface area contributed by atoms with Crippen LogP contribution in [0.2, 0.25) is 0 Å². The van der Waals surface area contributed by atoms with Crippen LogP contribution in [0.25, 0.3) is 0 Å². The van der Waals surface area contributed by atoms with Gasteiger partial charge in [-0.15, -0.1) is 0 Å². The molecule has 2 N–H and O–H groups in total. The smallest absolute Gasteiger partial charge is 0.389 e. The van der Waals surface area contributed by atoms with Crippen LogP contribution >= 0.6 is 0 Å². The summed E-state index contributed by atoms with van der Waals surface area (Å²) >= 11 is 0. The van der Waals surface area contributed by atoms with Crippen molar-refractivity contribution in [2.45, 2.75) is 32.4 Å². The second-order valence-electron chi connectivity index (χ2n) is 4.04. The minimum Gasteiger partial charge on any atom is -0.467 e. The maximum Gasteiger partial charge on any atom is 0.389 e. The van der Waals surface area contributed by atoms with E-state index in [1.54, 1.807) is 0 Å². The van der Waals surface area contributed by atoms with Gasteiger partial charge in [-0.05, 0) is 12.8 Å². The normalized spacial score (nSPS) is 11.2. The number of rotatable bonds is 8. The summed E-state index contributed by atoms with van der Waals surface area (Å²) in [4.78, 5) is 11.9. The molecule has 0 spiro atoms. The van der Waals surface area contributed by atoms with Crippen LogP contribution in [0.4, 0.5) is 25.1 Å². The van der Waals surface area contributed by atoms with Crippen molar-refractivity contribution in [2.75, 3.05) is 30.8 Å². The first-order chi connectivity index (χ1) is 9.44. The summed E-state index contributed by atoms with van der Waals surface area (Å²) in [5, 5.41) is 5.69. The minimum absolute atomic E-state index is 0.0464. The predicted octanol–water partition coefficient (Wildman–Crippen LogP) is 2.46. The lowest BCUT2D eigenvalue weighted by Crippen LogP contribution is -2.14. The second kappa shape index (κ2) is 7.71. The number of alkyl halides is 3. The molecule has 1 aromatic rings. The quantitative estimate of drug-likeness (QED) is 0.717. The number of nitrogens with one attached hydrogen (secondary N) is 2. The van der Waals surface area contributed by atoms with E-state index < -0.39 is 12.6 Å². The second-order valence-corrected chi connectivity index (χ2v) is 4.04. The van der Waals surface area contributed by atoms with Crippen LogP contribution in [0.5, 0.6) is 6.01 Å². The minimum atomic E-state index is -4.15.